The van der Waals surface area contributed by atoms with Gasteiger partial charge in [0.2, 0.25) is 11.8 Å². The van der Waals surface area contributed by atoms with E-state index in [0.29, 0.717) is 0 Å². The Labute approximate surface area is 283 Å². The lowest BCUT2D eigenvalue weighted by Gasteiger charge is -2.35. The fraction of sp³-hybridized carbons (Fsp3) is 0.588. The maximum atomic E-state index is 14.3. The highest BCUT2D eigenvalue weighted by Crippen LogP contribution is 2.45. The summed E-state index contributed by atoms with van der Waals surface area (Å²) in [7, 11) is -1.60. The van der Waals surface area contributed by atoms with Crippen molar-refractivity contribution in [2.24, 2.45) is 11.3 Å². The highest BCUT2D eigenvalue weighted by molar-refractivity contribution is 7.87. The van der Waals surface area contributed by atoms with Crippen LogP contribution in [0.1, 0.15) is 64.9 Å². The molecule has 4 rings (SSSR count). The van der Waals surface area contributed by atoms with Gasteiger partial charge in [-0.3, -0.25) is 14.4 Å². The first-order valence-electron chi connectivity index (χ1n) is 16.2. The molecule has 1 aromatic rings. The van der Waals surface area contributed by atoms with E-state index >= 15 is 0 Å². The van der Waals surface area contributed by atoms with Gasteiger partial charge >= 0.3 is 16.3 Å². The van der Waals surface area contributed by atoms with Crippen LogP contribution >= 0.6 is 0 Å². The van der Waals surface area contributed by atoms with Gasteiger partial charge in [0.15, 0.2) is 0 Å². The van der Waals surface area contributed by atoms with E-state index < -0.39 is 69.1 Å². The molecule has 4 amide bonds. The average Bonchev–Trinajstić information content (AvgIpc) is 3.30. The van der Waals surface area contributed by atoms with E-state index in [-0.39, 0.29) is 32.1 Å². The Morgan fingerprint density at radius 1 is 1.12 bits per heavy atom. The number of alkyl carbamates (subject to hydrolysis) is 1. The quantitative estimate of drug-likeness (QED) is 0.236. The SMILES string of the molecule is C=C[C@@H]1C[C@]1(NC(=O)[C@H]1C[C@@H](OCC#Cc2ccccc2)CN1C(=O)[C@@H](NC(=O)OC1CCCC1)C(C)(C)C)C(=O)NS(=O)(=O)N(C)C. The number of benzene rings is 1. The summed E-state index contributed by atoms with van der Waals surface area (Å²) in [5, 5.41) is 5.48. The van der Waals surface area contributed by atoms with E-state index in [1.165, 1.54) is 25.1 Å². The number of rotatable bonds is 11. The first kappa shape index (κ1) is 36.9. The standard InChI is InChI=1S/C34H47N5O8S/c1-7-24-21-34(24,31(42)37-48(44,45)38(5)6)36-29(40)27-20-26(46-19-13-16-23-14-9-8-10-15-23)22-39(27)30(41)28(33(2,3)4)35-32(43)47-25-17-11-12-18-25/h7-10,14-15,24-28H,1,11-12,17-22H2,2-6H3,(H,35,43)(H,36,40)(H,37,42)/t24-,26-,27-,28-,34-/m1/s1. The molecule has 3 aliphatic rings. The first-order valence-corrected chi connectivity index (χ1v) is 17.6. The third-order valence-electron chi connectivity index (χ3n) is 8.95. The van der Waals surface area contributed by atoms with Gasteiger partial charge in [0.25, 0.3) is 5.91 Å². The van der Waals surface area contributed by atoms with Crippen molar-refractivity contribution in [2.45, 2.75) is 89.1 Å². The third-order valence-corrected chi connectivity index (χ3v) is 10.4. The molecule has 3 fully saturated rings. The number of hydrogen-bond donors (Lipinski definition) is 3. The Morgan fingerprint density at radius 2 is 1.79 bits per heavy atom. The van der Waals surface area contributed by atoms with E-state index in [4.69, 9.17) is 9.47 Å². The lowest BCUT2D eigenvalue weighted by Crippen LogP contribution is -2.60. The molecule has 1 saturated heterocycles. The number of likely N-dealkylation sites (tertiary alicyclic amines) is 1. The highest BCUT2D eigenvalue weighted by atomic mass is 32.2. The van der Waals surface area contributed by atoms with E-state index in [9.17, 15) is 27.6 Å². The summed E-state index contributed by atoms with van der Waals surface area (Å²) in [4.78, 5) is 55.8. The molecule has 3 N–H and O–H groups in total. The predicted molar refractivity (Wildman–Crippen MR) is 178 cm³/mol. The number of carbonyl (C=O) groups is 4. The van der Waals surface area contributed by atoms with Crippen molar-refractivity contribution in [3.05, 3.63) is 48.6 Å². The zero-order valence-electron chi connectivity index (χ0n) is 28.3. The Balaban J connectivity index is 1.55. The van der Waals surface area contributed by atoms with Crippen molar-refractivity contribution in [2.75, 3.05) is 27.2 Å². The summed E-state index contributed by atoms with van der Waals surface area (Å²) < 4.78 is 39.4. The lowest BCUT2D eigenvalue weighted by molar-refractivity contribution is -0.143. The van der Waals surface area contributed by atoms with Gasteiger partial charge in [-0.25, -0.2) is 9.52 Å². The van der Waals surface area contributed by atoms with Crippen LogP contribution in [0.2, 0.25) is 0 Å². The molecule has 0 aromatic heterocycles. The van der Waals surface area contributed by atoms with E-state index in [1.54, 1.807) is 20.8 Å². The van der Waals surface area contributed by atoms with E-state index in [0.717, 1.165) is 35.6 Å². The molecular weight excluding hydrogens is 638 g/mol. The molecule has 0 bridgehead atoms. The minimum absolute atomic E-state index is 0.0228. The summed E-state index contributed by atoms with van der Waals surface area (Å²) in [6.45, 7) is 9.19. The second kappa shape index (κ2) is 15.1. The van der Waals surface area contributed by atoms with Crippen molar-refractivity contribution >= 4 is 34.0 Å². The molecule has 1 aromatic carbocycles. The first-order chi connectivity index (χ1) is 22.6. The minimum Gasteiger partial charge on any atom is -0.446 e. The van der Waals surface area contributed by atoms with Crippen LogP contribution in [-0.4, -0.2) is 98.5 Å². The molecule has 1 aliphatic heterocycles. The summed E-state index contributed by atoms with van der Waals surface area (Å²) in [6.07, 6.45) is 3.65. The average molecular weight is 686 g/mol. The number of nitrogens with one attached hydrogen (secondary N) is 3. The maximum absolute atomic E-state index is 14.3. The fourth-order valence-electron chi connectivity index (χ4n) is 5.99. The smallest absolute Gasteiger partial charge is 0.408 e. The number of nitrogens with zero attached hydrogens (tertiary/aromatic N) is 2. The van der Waals surface area contributed by atoms with Crippen molar-refractivity contribution < 1.29 is 37.1 Å². The van der Waals surface area contributed by atoms with Crippen molar-refractivity contribution in [3.8, 4) is 11.8 Å². The highest BCUT2D eigenvalue weighted by Gasteiger charge is 2.61. The van der Waals surface area contributed by atoms with E-state index in [2.05, 4.69) is 29.1 Å². The van der Waals surface area contributed by atoms with Crippen LogP contribution in [0.5, 0.6) is 0 Å². The monoisotopic (exact) mass is 685 g/mol. The third kappa shape index (κ3) is 8.94. The van der Waals surface area contributed by atoms with Gasteiger partial charge in [-0.2, -0.15) is 12.7 Å². The number of ether oxygens (including phenoxy) is 2. The van der Waals surface area contributed by atoms with Crippen LogP contribution < -0.4 is 15.4 Å². The Kier molecular flexibility index (Phi) is 11.6. The van der Waals surface area contributed by atoms with Crippen molar-refractivity contribution in [1.29, 1.82) is 0 Å². The van der Waals surface area contributed by atoms with Gasteiger partial charge in [0.1, 0.15) is 30.3 Å². The van der Waals surface area contributed by atoms with Gasteiger partial charge in [-0.1, -0.05) is 56.9 Å². The van der Waals surface area contributed by atoms with Crippen molar-refractivity contribution in [3.63, 3.8) is 0 Å². The van der Waals surface area contributed by atoms with Crippen LogP contribution in [-0.2, 0) is 34.1 Å². The second-order valence-corrected chi connectivity index (χ2v) is 15.7. The normalized spacial score (nSPS) is 24.6. The molecule has 13 nitrogen and oxygen atoms in total. The number of amides is 4. The van der Waals surface area contributed by atoms with Gasteiger partial charge < -0.3 is 25.0 Å². The molecule has 48 heavy (non-hydrogen) atoms. The molecule has 14 heteroatoms. The topological polar surface area (TPSA) is 163 Å². The van der Waals surface area contributed by atoms with Crippen LogP contribution in [0.3, 0.4) is 0 Å². The summed E-state index contributed by atoms with van der Waals surface area (Å²) in [5.74, 6) is 3.36. The van der Waals surface area contributed by atoms with Gasteiger partial charge in [-0.15, -0.1) is 6.58 Å². The summed E-state index contributed by atoms with van der Waals surface area (Å²) >= 11 is 0. The molecule has 0 spiro atoms. The zero-order chi connectivity index (χ0) is 35.3. The molecule has 0 radical (unpaired) electrons. The number of hydrogen-bond acceptors (Lipinski definition) is 8. The summed E-state index contributed by atoms with van der Waals surface area (Å²) in [6, 6.07) is 7.22. The largest absolute Gasteiger partial charge is 0.446 e. The molecule has 1 heterocycles. The molecule has 5 atom stereocenters. The molecule has 262 valence electrons. The van der Waals surface area contributed by atoms with Gasteiger partial charge in [0.05, 0.1) is 6.10 Å². The molecule has 2 saturated carbocycles. The Bertz CT molecular complexity index is 1540. The number of carbonyl (C=O) groups excluding carboxylic acids is 4. The van der Waals surface area contributed by atoms with E-state index in [1.807, 2.05) is 35.1 Å². The van der Waals surface area contributed by atoms with Gasteiger partial charge in [-0.05, 0) is 49.7 Å². The minimum atomic E-state index is -4.14. The van der Waals surface area contributed by atoms with Crippen LogP contribution in [0.15, 0.2) is 43.0 Å². The Morgan fingerprint density at radius 3 is 2.38 bits per heavy atom. The molecule has 2 aliphatic carbocycles. The van der Waals surface area contributed by atoms with Crippen molar-refractivity contribution in [1.82, 2.24) is 24.6 Å². The fourth-order valence-corrected chi connectivity index (χ4v) is 6.59. The summed E-state index contributed by atoms with van der Waals surface area (Å²) in [5.41, 5.74) is -1.52. The van der Waals surface area contributed by atoms with Gasteiger partial charge in [0, 0.05) is 38.5 Å². The van der Waals surface area contributed by atoms with Crippen LogP contribution in [0.25, 0.3) is 0 Å². The maximum Gasteiger partial charge on any atom is 0.408 e. The second-order valence-electron chi connectivity index (χ2n) is 13.8. The molecular formula is C34H47N5O8S. The zero-order valence-corrected chi connectivity index (χ0v) is 29.1. The van der Waals surface area contributed by atoms with Crippen LogP contribution in [0.4, 0.5) is 4.79 Å². The lowest BCUT2D eigenvalue weighted by atomic mass is 9.85. The predicted octanol–water partition coefficient (Wildman–Crippen LogP) is 2.09. The Hall–Kier alpha value is -3.93. The van der Waals surface area contributed by atoms with Crippen LogP contribution in [0, 0.1) is 23.2 Å². The molecule has 0 unspecified atom stereocenters.